The number of nitrogens with one attached hydrogen (secondary N) is 1. The number of nitrogens with two attached hydrogens (primary N) is 1. The molecule has 0 bridgehead atoms. The highest BCUT2D eigenvalue weighted by Crippen LogP contribution is 2.06. The second-order valence-electron chi connectivity index (χ2n) is 4.46. The van der Waals surface area contributed by atoms with Gasteiger partial charge >= 0.3 is 0 Å². The molecule has 0 saturated carbocycles. The molecule has 0 aliphatic rings. The Bertz CT molecular complexity index is 564. The van der Waals surface area contributed by atoms with E-state index in [1.54, 1.807) is 18.3 Å². The lowest BCUT2D eigenvalue weighted by Gasteiger charge is -2.07. The normalized spacial score (nSPS) is 10.2. The summed E-state index contributed by atoms with van der Waals surface area (Å²) in [6, 6.07) is 11.5. The minimum atomic E-state index is -0.0412. The third-order valence-electron chi connectivity index (χ3n) is 2.93. The molecule has 4 heteroatoms. The molecule has 1 aromatic heterocycles. The fourth-order valence-electron chi connectivity index (χ4n) is 1.77. The number of aryl methyl sites for hydroxylation is 1. The number of pyridine rings is 1. The van der Waals surface area contributed by atoms with Crippen LogP contribution < -0.4 is 11.1 Å². The van der Waals surface area contributed by atoms with Gasteiger partial charge < -0.3 is 11.1 Å². The van der Waals surface area contributed by atoms with Crippen LogP contribution >= 0.6 is 0 Å². The van der Waals surface area contributed by atoms with Gasteiger partial charge in [-0.25, -0.2) is 0 Å². The number of rotatable bonds is 4. The number of hydrogen-bond acceptors (Lipinski definition) is 3. The summed E-state index contributed by atoms with van der Waals surface area (Å²) in [5.74, 6) is -0.0412. The average molecular weight is 255 g/mol. The number of benzene rings is 1. The van der Waals surface area contributed by atoms with Crippen molar-refractivity contribution in [1.82, 2.24) is 10.3 Å². The summed E-state index contributed by atoms with van der Waals surface area (Å²) in [6.07, 6.45) is 1.83. The van der Waals surface area contributed by atoms with Gasteiger partial charge in [0.05, 0.1) is 18.3 Å². The van der Waals surface area contributed by atoms with Crippen LogP contribution in [0.3, 0.4) is 0 Å². The predicted molar refractivity (Wildman–Crippen MR) is 75.4 cm³/mol. The average Bonchev–Trinajstić information content (AvgIpc) is 2.40. The van der Waals surface area contributed by atoms with Gasteiger partial charge in [-0.2, -0.15) is 0 Å². The summed E-state index contributed by atoms with van der Waals surface area (Å²) in [6.45, 7) is 2.57. The Labute approximate surface area is 112 Å². The maximum atomic E-state index is 11.8. The Kier molecular flexibility index (Phi) is 4.13. The van der Waals surface area contributed by atoms with E-state index in [9.17, 15) is 4.79 Å². The van der Waals surface area contributed by atoms with Gasteiger partial charge in [-0.1, -0.05) is 24.3 Å². The SMILES string of the molecule is Cc1ccccc1CNC(=O)Cc1ccc(N)cn1. The highest BCUT2D eigenvalue weighted by Gasteiger charge is 2.05. The molecule has 2 rings (SSSR count). The van der Waals surface area contributed by atoms with Crippen molar-refractivity contribution in [3.8, 4) is 0 Å². The lowest BCUT2D eigenvalue weighted by Crippen LogP contribution is -2.25. The van der Waals surface area contributed by atoms with E-state index in [0.717, 1.165) is 11.3 Å². The van der Waals surface area contributed by atoms with Crippen LogP contribution in [0.5, 0.6) is 0 Å². The maximum absolute atomic E-state index is 11.8. The number of anilines is 1. The molecule has 0 aliphatic heterocycles. The Balaban J connectivity index is 1.88. The van der Waals surface area contributed by atoms with Crippen LogP contribution in [0.4, 0.5) is 5.69 Å². The molecule has 0 aliphatic carbocycles. The van der Waals surface area contributed by atoms with Gasteiger partial charge in [-0.3, -0.25) is 9.78 Å². The topological polar surface area (TPSA) is 68.0 Å². The second-order valence-corrected chi connectivity index (χ2v) is 4.46. The van der Waals surface area contributed by atoms with Crippen LogP contribution in [0.1, 0.15) is 16.8 Å². The molecule has 2 aromatic rings. The third-order valence-corrected chi connectivity index (χ3v) is 2.93. The molecule has 3 N–H and O–H groups in total. The van der Waals surface area contributed by atoms with E-state index in [1.807, 2.05) is 31.2 Å². The summed E-state index contributed by atoms with van der Waals surface area (Å²) in [7, 11) is 0. The van der Waals surface area contributed by atoms with E-state index in [0.29, 0.717) is 12.2 Å². The first-order valence-electron chi connectivity index (χ1n) is 6.17. The maximum Gasteiger partial charge on any atom is 0.226 e. The zero-order valence-corrected chi connectivity index (χ0v) is 10.9. The quantitative estimate of drug-likeness (QED) is 0.875. The van der Waals surface area contributed by atoms with Crippen LogP contribution in [0.15, 0.2) is 42.6 Å². The first-order chi connectivity index (χ1) is 9.15. The molecular formula is C15H17N3O. The van der Waals surface area contributed by atoms with Gasteiger partial charge in [-0.15, -0.1) is 0 Å². The van der Waals surface area contributed by atoms with Crippen LogP contribution in [-0.2, 0) is 17.8 Å². The van der Waals surface area contributed by atoms with E-state index in [2.05, 4.69) is 10.3 Å². The van der Waals surface area contributed by atoms with E-state index in [4.69, 9.17) is 5.73 Å². The Morgan fingerprint density at radius 2 is 2.05 bits per heavy atom. The van der Waals surface area contributed by atoms with Gasteiger partial charge in [0.1, 0.15) is 0 Å². The van der Waals surface area contributed by atoms with Gasteiger partial charge in [0.2, 0.25) is 5.91 Å². The first kappa shape index (κ1) is 13.1. The zero-order chi connectivity index (χ0) is 13.7. The monoisotopic (exact) mass is 255 g/mol. The largest absolute Gasteiger partial charge is 0.397 e. The van der Waals surface area contributed by atoms with Gasteiger partial charge in [0, 0.05) is 12.2 Å². The molecule has 0 atom stereocenters. The number of hydrogen-bond donors (Lipinski definition) is 2. The Morgan fingerprint density at radius 3 is 2.74 bits per heavy atom. The summed E-state index contributed by atoms with van der Waals surface area (Å²) in [5, 5.41) is 2.89. The third kappa shape index (κ3) is 3.81. The van der Waals surface area contributed by atoms with Crippen molar-refractivity contribution in [1.29, 1.82) is 0 Å². The molecule has 1 aromatic carbocycles. The molecule has 1 amide bonds. The second kappa shape index (κ2) is 6.00. The summed E-state index contributed by atoms with van der Waals surface area (Å²) in [5.41, 5.74) is 9.17. The molecule has 19 heavy (non-hydrogen) atoms. The molecule has 98 valence electrons. The van der Waals surface area contributed by atoms with Crippen molar-refractivity contribution in [2.24, 2.45) is 0 Å². The van der Waals surface area contributed by atoms with Crippen LogP contribution in [-0.4, -0.2) is 10.9 Å². The Morgan fingerprint density at radius 1 is 1.26 bits per heavy atom. The molecule has 0 fully saturated rings. The summed E-state index contributed by atoms with van der Waals surface area (Å²) in [4.78, 5) is 15.9. The van der Waals surface area contributed by atoms with Gasteiger partial charge in [0.25, 0.3) is 0 Å². The number of aromatic nitrogens is 1. The molecular weight excluding hydrogens is 238 g/mol. The number of nitrogen functional groups attached to an aromatic ring is 1. The molecule has 4 nitrogen and oxygen atoms in total. The fraction of sp³-hybridized carbons (Fsp3) is 0.200. The molecule has 1 heterocycles. The minimum Gasteiger partial charge on any atom is -0.397 e. The lowest BCUT2D eigenvalue weighted by molar-refractivity contribution is -0.120. The van der Waals surface area contributed by atoms with Crippen molar-refractivity contribution in [3.05, 3.63) is 59.4 Å². The molecule has 0 spiro atoms. The van der Waals surface area contributed by atoms with Crippen molar-refractivity contribution in [3.63, 3.8) is 0 Å². The molecule has 0 saturated heterocycles. The molecule has 0 radical (unpaired) electrons. The van der Waals surface area contributed by atoms with Crippen molar-refractivity contribution >= 4 is 11.6 Å². The fourth-order valence-corrected chi connectivity index (χ4v) is 1.77. The first-order valence-corrected chi connectivity index (χ1v) is 6.17. The van der Waals surface area contributed by atoms with Crippen LogP contribution in [0.25, 0.3) is 0 Å². The number of carbonyl (C=O) groups is 1. The van der Waals surface area contributed by atoms with Crippen molar-refractivity contribution in [2.45, 2.75) is 19.9 Å². The predicted octanol–water partition coefficient (Wildman–Crippen LogP) is 1.83. The smallest absolute Gasteiger partial charge is 0.226 e. The van der Waals surface area contributed by atoms with Crippen LogP contribution in [0, 0.1) is 6.92 Å². The van der Waals surface area contributed by atoms with Crippen LogP contribution in [0.2, 0.25) is 0 Å². The van der Waals surface area contributed by atoms with E-state index < -0.39 is 0 Å². The van der Waals surface area contributed by atoms with Crippen molar-refractivity contribution < 1.29 is 4.79 Å². The highest BCUT2D eigenvalue weighted by molar-refractivity contribution is 5.78. The Hall–Kier alpha value is -2.36. The van der Waals surface area contributed by atoms with E-state index >= 15 is 0 Å². The van der Waals surface area contributed by atoms with Gasteiger partial charge in [0.15, 0.2) is 0 Å². The number of amides is 1. The number of carbonyl (C=O) groups excluding carboxylic acids is 1. The number of nitrogens with zero attached hydrogens (tertiary/aromatic N) is 1. The van der Waals surface area contributed by atoms with E-state index in [1.165, 1.54) is 5.56 Å². The zero-order valence-electron chi connectivity index (χ0n) is 10.9. The van der Waals surface area contributed by atoms with Gasteiger partial charge in [-0.05, 0) is 30.2 Å². The minimum absolute atomic E-state index is 0.0412. The summed E-state index contributed by atoms with van der Waals surface area (Å²) < 4.78 is 0. The van der Waals surface area contributed by atoms with Crippen molar-refractivity contribution in [2.75, 3.05) is 5.73 Å². The molecule has 0 unspecified atom stereocenters. The standard InChI is InChI=1S/C15H17N3O/c1-11-4-2-3-5-12(11)9-18-15(19)8-14-7-6-13(16)10-17-14/h2-7,10H,8-9,16H2,1H3,(H,18,19). The lowest BCUT2D eigenvalue weighted by atomic mass is 10.1. The summed E-state index contributed by atoms with van der Waals surface area (Å²) >= 11 is 0. The highest BCUT2D eigenvalue weighted by atomic mass is 16.1. The van der Waals surface area contributed by atoms with E-state index in [-0.39, 0.29) is 12.3 Å².